The van der Waals surface area contributed by atoms with E-state index in [4.69, 9.17) is 38.2 Å². The summed E-state index contributed by atoms with van der Waals surface area (Å²) < 4.78 is 5.92. The molecule has 7 heteroatoms. The average Bonchev–Trinajstić information content (AvgIpc) is 2.31. The zero-order chi connectivity index (χ0) is 16.6. The van der Waals surface area contributed by atoms with Crippen molar-refractivity contribution in [1.29, 1.82) is 0 Å². The van der Waals surface area contributed by atoms with E-state index in [9.17, 15) is 4.79 Å². The Balaban J connectivity index is 0.000000486. The molecule has 0 saturated heterocycles. The van der Waals surface area contributed by atoms with Crippen molar-refractivity contribution in [2.45, 2.75) is 13.0 Å². The van der Waals surface area contributed by atoms with Crippen LogP contribution in [0.1, 0.15) is 6.92 Å². The predicted octanol–water partition coefficient (Wildman–Crippen LogP) is 2.53. The van der Waals surface area contributed by atoms with E-state index in [1.165, 1.54) is 19.1 Å². The van der Waals surface area contributed by atoms with Crippen LogP contribution in [0.4, 0.5) is 0 Å². The summed E-state index contributed by atoms with van der Waals surface area (Å²) in [5, 5.41) is 17.8. The molecule has 0 saturated carbocycles. The number of quaternary nitrogens is 1. The van der Waals surface area contributed by atoms with Gasteiger partial charge >= 0.3 is 5.97 Å². The Morgan fingerprint density at radius 2 is 1.90 bits per heavy atom. The lowest BCUT2D eigenvalue weighted by atomic mass is 10.3. The number of hydrogen-bond acceptors (Lipinski definition) is 3. The van der Waals surface area contributed by atoms with Crippen LogP contribution in [0.15, 0.2) is 18.2 Å². The minimum atomic E-state index is -1.05. The van der Waals surface area contributed by atoms with Crippen LogP contribution in [0.2, 0.25) is 10.0 Å². The molecule has 120 valence electrons. The molecule has 0 amide bonds. The van der Waals surface area contributed by atoms with Crippen LogP contribution < -0.4 is 4.74 Å². The van der Waals surface area contributed by atoms with Gasteiger partial charge in [0.05, 0.1) is 32.8 Å². The molecule has 2 N–H and O–H groups in total. The van der Waals surface area contributed by atoms with Crippen LogP contribution in [-0.2, 0) is 4.79 Å². The van der Waals surface area contributed by atoms with E-state index in [-0.39, 0.29) is 6.61 Å². The summed E-state index contributed by atoms with van der Waals surface area (Å²) in [7, 11) is 6.16. The van der Waals surface area contributed by atoms with Crippen LogP contribution in [0.3, 0.4) is 0 Å². The molecule has 1 aromatic rings. The topological polar surface area (TPSA) is 66.8 Å². The van der Waals surface area contributed by atoms with Gasteiger partial charge in [-0.25, -0.2) is 4.79 Å². The second kappa shape index (κ2) is 9.10. The third-order valence-corrected chi connectivity index (χ3v) is 2.85. The molecule has 21 heavy (non-hydrogen) atoms. The highest BCUT2D eigenvalue weighted by Crippen LogP contribution is 2.28. The van der Waals surface area contributed by atoms with Crippen molar-refractivity contribution in [2.75, 3.05) is 34.3 Å². The third-order valence-electron chi connectivity index (χ3n) is 2.32. The fourth-order valence-electron chi connectivity index (χ4n) is 1.11. The fraction of sp³-hybridized carbons (Fsp3) is 0.500. The Bertz CT molecular complexity index is 461. The number of halogens is 2. The lowest BCUT2D eigenvalue weighted by molar-refractivity contribution is -0.870. The number of aliphatic hydroxyl groups is 1. The monoisotopic (exact) mass is 338 g/mol. The van der Waals surface area contributed by atoms with Crippen molar-refractivity contribution >= 4 is 29.2 Å². The molecule has 1 rings (SSSR count). The molecule has 5 nitrogen and oxygen atoms in total. The maximum atomic E-state index is 10.5. The van der Waals surface area contributed by atoms with Crippen LogP contribution >= 0.6 is 23.2 Å². The van der Waals surface area contributed by atoms with Gasteiger partial charge in [-0.1, -0.05) is 23.2 Å². The van der Waals surface area contributed by atoms with E-state index in [0.717, 1.165) is 11.0 Å². The van der Waals surface area contributed by atoms with Crippen molar-refractivity contribution in [2.24, 2.45) is 0 Å². The normalized spacial score (nSPS) is 12.1. The minimum Gasteiger partial charge on any atom is -0.479 e. The van der Waals surface area contributed by atoms with Crippen LogP contribution in [-0.4, -0.2) is 61.1 Å². The Morgan fingerprint density at radius 1 is 1.33 bits per heavy atom. The number of rotatable bonds is 5. The number of hydrogen-bond donors (Lipinski definition) is 2. The zero-order valence-corrected chi connectivity index (χ0v) is 14.1. The maximum Gasteiger partial charge on any atom is 0.344 e. The first kappa shape index (κ1) is 20.0. The number of likely N-dealkylation sites (N-methyl/N-ethyl adjacent to an activating group) is 1. The number of carboxylic acids is 1. The molecule has 0 aliphatic rings. The smallest absolute Gasteiger partial charge is 0.344 e. The SMILES string of the molecule is CC(Oc1ccc(Cl)cc1Cl)C(=O)O.C[N+](C)(C)CCO. The minimum absolute atomic E-state index is 0.281. The molecular formula is C14H22Cl2NO4+. The number of carboxylic acid groups (broad SMARTS) is 1. The molecule has 1 aromatic carbocycles. The molecule has 0 fully saturated rings. The van der Waals surface area contributed by atoms with Gasteiger partial charge in [0.15, 0.2) is 6.10 Å². The molecule has 0 spiro atoms. The van der Waals surface area contributed by atoms with Gasteiger partial charge in [0.25, 0.3) is 0 Å². The van der Waals surface area contributed by atoms with Gasteiger partial charge in [-0.3, -0.25) is 0 Å². The molecule has 0 bridgehead atoms. The number of nitrogens with zero attached hydrogens (tertiary/aromatic N) is 1. The first-order chi connectivity index (χ1) is 9.56. The molecule has 1 atom stereocenters. The van der Waals surface area contributed by atoms with E-state index in [2.05, 4.69) is 21.1 Å². The summed E-state index contributed by atoms with van der Waals surface area (Å²) >= 11 is 11.4. The molecular weight excluding hydrogens is 317 g/mol. The van der Waals surface area contributed by atoms with Crippen LogP contribution in [0, 0.1) is 0 Å². The number of aliphatic hydroxyl groups excluding tert-OH is 1. The van der Waals surface area contributed by atoms with Gasteiger partial charge in [0.2, 0.25) is 0 Å². The highest BCUT2D eigenvalue weighted by atomic mass is 35.5. The van der Waals surface area contributed by atoms with E-state index in [1.54, 1.807) is 6.07 Å². The van der Waals surface area contributed by atoms with Crippen molar-refractivity contribution in [3.8, 4) is 5.75 Å². The van der Waals surface area contributed by atoms with E-state index in [0.29, 0.717) is 15.8 Å². The second-order valence-electron chi connectivity index (χ2n) is 5.41. The largest absolute Gasteiger partial charge is 0.479 e. The van der Waals surface area contributed by atoms with E-state index >= 15 is 0 Å². The Kier molecular flexibility index (Phi) is 8.66. The highest BCUT2D eigenvalue weighted by Gasteiger charge is 2.14. The third kappa shape index (κ3) is 9.52. The van der Waals surface area contributed by atoms with Crippen molar-refractivity contribution in [3.63, 3.8) is 0 Å². The lowest BCUT2D eigenvalue weighted by Crippen LogP contribution is -2.36. The number of ether oxygens (including phenoxy) is 1. The summed E-state index contributed by atoms with van der Waals surface area (Å²) in [6.07, 6.45) is -0.936. The van der Waals surface area contributed by atoms with Gasteiger partial charge in [-0.2, -0.15) is 0 Å². The zero-order valence-electron chi connectivity index (χ0n) is 12.6. The standard InChI is InChI=1S/C9H8Cl2O3.C5H14NO/c1-5(9(12)13)14-8-3-2-6(10)4-7(8)11;1-6(2,3)4-5-7/h2-5H,1H3,(H,12,13);7H,4-5H2,1-3H3/q;+1. The number of carbonyl (C=O) groups is 1. The predicted molar refractivity (Wildman–Crippen MR) is 84.2 cm³/mol. The molecule has 0 aliphatic heterocycles. The Labute approximate surface area is 135 Å². The van der Waals surface area contributed by atoms with Gasteiger partial charge in [0.1, 0.15) is 12.3 Å². The van der Waals surface area contributed by atoms with Crippen molar-refractivity contribution in [1.82, 2.24) is 0 Å². The first-order valence-corrected chi connectivity index (χ1v) is 7.08. The number of aliphatic carboxylic acids is 1. The van der Waals surface area contributed by atoms with Gasteiger partial charge in [-0.15, -0.1) is 0 Å². The number of benzene rings is 1. The maximum absolute atomic E-state index is 10.5. The molecule has 0 heterocycles. The molecule has 1 unspecified atom stereocenters. The fourth-order valence-corrected chi connectivity index (χ4v) is 1.56. The Hall–Kier alpha value is -1.01. The molecule has 0 aliphatic carbocycles. The quantitative estimate of drug-likeness (QED) is 0.809. The highest BCUT2D eigenvalue weighted by molar-refractivity contribution is 6.35. The van der Waals surface area contributed by atoms with E-state index < -0.39 is 12.1 Å². The molecule has 0 aromatic heterocycles. The van der Waals surface area contributed by atoms with Crippen LogP contribution in [0.5, 0.6) is 5.75 Å². The lowest BCUT2D eigenvalue weighted by Gasteiger charge is -2.21. The summed E-state index contributed by atoms with van der Waals surface area (Å²) in [4.78, 5) is 10.5. The summed E-state index contributed by atoms with van der Waals surface area (Å²) in [6.45, 7) is 2.54. The van der Waals surface area contributed by atoms with Gasteiger partial charge in [-0.05, 0) is 25.1 Å². The van der Waals surface area contributed by atoms with Gasteiger partial charge < -0.3 is 19.4 Å². The second-order valence-corrected chi connectivity index (χ2v) is 6.25. The van der Waals surface area contributed by atoms with Crippen LogP contribution in [0.25, 0.3) is 0 Å². The Morgan fingerprint density at radius 3 is 2.24 bits per heavy atom. The van der Waals surface area contributed by atoms with Crippen molar-refractivity contribution < 1.29 is 24.2 Å². The molecule has 0 radical (unpaired) electrons. The average molecular weight is 339 g/mol. The van der Waals surface area contributed by atoms with E-state index in [1.807, 2.05) is 0 Å². The summed E-state index contributed by atoms with van der Waals surface area (Å²) in [5.74, 6) is -0.734. The van der Waals surface area contributed by atoms with Gasteiger partial charge in [0, 0.05) is 5.02 Å². The van der Waals surface area contributed by atoms with Crippen molar-refractivity contribution in [3.05, 3.63) is 28.2 Å². The summed E-state index contributed by atoms with van der Waals surface area (Å²) in [5.41, 5.74) is 0. The summed E-state index contributed by atoms with van der Waals surface area (Å²) in [6, 6.07) is 4.61. The first-order valence-electron chi connectivity index (χ1n) is 6.32.